The highest BCUT2D eigenvalue weighted by molar-refractivity contribution is 5.69. The summed E-state index contributed by atoms with van der Waals surface area (Å²) in [7, 11) is 0. The average molecular weight is 337 g/mol. The lowest BCUT2D eigenvalue weighted by Gasteiger charge is -2.28. The molecule has 1 saturated carbocycles. The third kappa shape index (κ3) is 5.05. The van der Waals surface area contributed by atoms with Gasteiger partial charge < -0.3 is 15.2 Å². The van der Waals surface area contributed by atoms with Crippen molar-refractivity contribution in [2.24, 2.45) is 5.92 Å². The van der Waals surface area contributed by atoms with Crippen LogP contribution >= 0.6 is 0 Å². The van der Waals surface area contributed by atoms with Crippen LogP contribution in [0.4, 0.5) is 0 Å². The highest BCUT2D eigenvalue weighted by atomic mass is 16.5. The first-order valence-corrected chi connectivity index (χ1v) is 8.97. The van der Waals surface area contributed by atoms with Crippen molar-refractivity contribution >= 4 is 5.97 Å². The van der Waals surface area contributed by atoms with E-state index in [0.717, 1.165) is 49.2 Å². The molecule has 24 heavy (non-hydrogen) atoms. The van der Waals surface area contributed by atoms with Gasteiger partial charge >= 0.3 is 5.97 Å². The number of aromatic nitrogens is 2. The summed E-state index contributed by atoms with van der Waals surface area (Å²) in [6.07, 6.45) is 4.29. The van der Waals surface area contributed by atoms with Gasteiger partial charge in [0, 0.05) is 30.5 Å². The molecule has 0 spiro atoms. The van der Waals surface area contributed by atoms with Crippen molar-refractivity contribution in [3.8, 4) is 0 Å². The standard InChI is InChI=1S/C18H31N3O3/c1-12(2)24-18(23)10-21-14(4)17(13(3)20-21)9-19-16-7-5-15(11-22)6-8-16/h12,15-16,19,22H,5-11H2,1-4H3. The number of aliphatic hydroxyl groups is 1. The Bertz CT molecular complexity index is 546. The smallest absolute Gasteiger partial charge is 0.328 e. The highest BCUT2D eigenvalue weighted by Gasteiger charge is 2.21. The molecule has 1 heterocycles. The minimum absolute atomic E-state index is 0.107. The molecule has 0 aliphatic heterocycles. The summed E-state index contributed by atoms with van der Waals surface area (Å²) in [5.74, 6) is 0.221. The maximum absolute atomic E-state index is 11.8. The van der Waals surface area contributed by atoms with E-state index in [4.69, 9.17) is 4.74 Å². The molecule has 1 aliphatic rings. The van der Waals surface area contributed by atoms with Crippen molar-refractivity contribution in [3.63, 3.8) is 0 Å². The van der Waals surface area contributed by atoms with Crippen molar-refractivity contribution in [1.82, 2.24) is 15.1 Å². The Morgan fingerprint density at radius 3 is 2.58 bits per heavy atom. The van der Waals surface area contributed by atoms with Crippen molar-refractivity contribution in [3.05, 3.63) is 17.0 Å². The molecule has 1 aliphatic carbocycles. The van der Waals surface area contributed by atoms with E-state index in [-0.39, 0.29) is 18.6 Å². The first-order chi connectivity index (χ1) is 11.4. The second-order valence-electron chi connectivity index (χ2n) is 7.13. The van der Waals surface area contributed by atoms with E-state index >= 15 is 0 Å². The van der Waals surface area contributed by atoms with Gasteiger partial charge in [0.1, 0.15) is 6.54 Å². The van der Waals surface area contributed by atoms with Crippen molar-refractivity contribution in [2.75, 3.05) is 6.61 Å². The summed E-state index contributed by atoms with van der Waals surface area (Å²) in [6.45, 7) is 8.92. The van der Waals surface area contributed by atoms with Gasteiger partial charge in [0.05, 0.1) is 11.8 Å². The van der Waals surface area contributed by atoms with Crippen molar-refractivity contribution < 1.29 is 14.6 Å². The molecule has 2 rings (SSSR count). The summed E-state index contributed by atoms with van der Waals surface area (Å²) >= 11 is 0. The van der Waals surface area contributed by atoms with Gasteiger partial charge in [0.2, 0.25) is 0 Å². The second-order valence-corrected chi connectivity index (χ2v) is 7.13. The van der Waals surface area contributed by atoms with E-state index in [0.29, 0.717) is 18.6 Å². The number of aliphatic hydroxyl groups excluding tert-OH is 1. The van der Waals surface area contributed by atoms with E-state index in [1.54, 1.807) is 4.68 Å². The van der Waals surface area contributed by atoms with Crippen LogP contribution in [0, 0.1) is 19.8 Å². The van der Waals surface area contributed by atoms with Crippen LogP contribution in [0.2, 0.25) is 0 Å². The number of hydrogen-bond acceptors (Lipinski definition) is 5. The third-order valence-corrected chi connectivity index (χ3v) is 4.85. The van der Waals surface area contributed by atoms with Crippen LogP contribution < -0.4 is 5.32 Å². The van der Waals surface area contributed by atoms with Gasteiger partial charge in [-0.2, -0.15) is 5.10 Å². The van der Waals surface area contributed by atoms with E-state index in [1.165, 1.54) is 0 Å². The van der Waals surface area contributed by atoms with E-state index < -0.39 is 0 Å². The number of rotatable bonds is 7. The molecule has 0 radical (unpaired) electrons. The number of aryl methyl sites for hydroxylation is 1. The largest absolute Gasteiger partial charge is 0.462 e. The van der Waals surface area contributed by atoms with Crippen LogP contribution in [0.3, 0.4) is 0 Å². The second kappa shape index (κ2) is 8.62. The molecule has 0 amide bonds. The maximum atomic E-state index is 11.8. The van der Waals surface area contributed by atoms with Gasteiger partial charge in [-0.25, -0.2) is 0 Å². The minimum atomic E-state index is -0.252. The van der Waals surface area contributed by atoms with Gasteiger partial charge in [-0.05, 0) is 59.3 Å². The van der Waals surface area contributed by atoms with E-state index in [2.05, 4.69) is 10.4 Å². The monoisotopic (exact) mass is 337 g/mol. The number of nitrogens with zero attached hydrogens (tertiary/aromatic N) is 2. The molecule has 136 valence electrons. The van der Waals surface area contributed by atoms with Crippen LogP contribution in [0.15, 0.2) is 0 Å². The van der Waals surface area contributed by atoms with E-state index in [1.807, 2.05) is 27.7 Å². The molecule has 0 saturated heterocycles. The zero-order valence-corrected chi connectivity index (χ0v) is 15.3. The van der Waals surface area contributed by atoms with Crippen LogP contribution in [-0.2, 0) is 22.6 Å². The molecular formula is C18H31N3O3. The summed E-state index contributed by atoms with van der Waals surface area (Å²) in [5.41, 5.74) is 3.14. The molecule has 1 fully saturated rings. The minimum Gasteiger partial charge on any atom is -0.462 e. The lowest BCUT2D eigenvalue weighted by molar-refractivity contribution is -0.148. The SMILES string of the molecule is Cc1nn(CC(=O)OC(C)C)c(C)c1CNC1CCC(CO)CC1. The van der Waals surface area contributed by atoms with Crippen LogP contribution in [0.5, 0.6) is 0 Å². The first kappa shape index (κ1) is 18.9. The normalized spacial score (nSPS) is 21.2. The lowest BCUT2D eigenvalue weighted by atomic mass is 9.86. The third-order valence-electron chi connectivity index (χ3n) is 4.85. The fraction of sp³-hybridized carbons (Fsp3) is 0.778. The topological polar surface area (TPSA) is 76.4 Å². The van der Waals surface area contributed by atoms with Crippen molar-refractivity contribution in [1.29, 1.82) is 0 Å². The Hall–Kier alpha value is -1.40. The molecule has 0 aromatic carbocycles. The number of nitrogens with one attached hydrogen (secondary N) is 1. The Morgan fingerprint density at radius 2 is 2.00 bits per heavy atom. The average Bonchev–Trinajstić information content (AvgIpc) is 2.79. The van der Waals surface area contributed by atoms with Gasteiger partial charge in [-0.15, -0.1) is 0 Å². The number of hydrogen-bond donors (Lipinski definition) is 2. The Morgan fingerprint density at radius 1 is 1.33 bits per heavy atom. The summed E-state index contributed by atoms with van der Waals surface area (Å²) < 4.78 is 6.93. The fourth-order valence-electron chi connectivity index (χ4n) is 3.36. The Labute approximate surface area is 144 Å². The predicted octanol–water partition coefficient (Wildman–Crippen LogP) is 2.09. The van der Waals surface area contributed by atoms with Crippen LogP contribution in [-0.4, -0.2) is 39.6 Å². The Balaban J connectivity index is 1.90. The number of ether oxygens (including phenoxy) is 1. The van der Waals surface area contributed by atoms with Crippen LogP contribution in [0.25, 0.3) is 0 Å². The molecule has 1 aromatic heterocycles. The number of carbonyl (C=O) groups excluding carboxylic acids is 1. The fourth-order valence-corrected chi connectivity index (χ4v) is 3.36. The zero-order chi connectivity index (χ0) is 17.7. The molecule has 0 atom stereocenters. The lowest BCUT2D eigenvalue weighted by Crippen LogP contribution is -2.33. The molecular weight excluding hydrogens is 306 g/mol. The van der Waals surface area contributed by atoms with Crippen LogP contribution in [0.1, 0.15) is 56.5 Å². The molecule has 2 N–H and O–H groups in total. The maximum Gasteiger partial charge on any atom is 0.328 e. The molecule has 0 unspecified atom stereocenters. The van der Waals surface area contributed by atoms with Crippen molar-refractivity contribution in [2.45, 2.75) is 78.6 Å². The first-order valence-electron chi connectivity index (χ1n) is 8.97. The summed E-state index contributed by atoms with van der Waals surface area (Å²) in [5, 5.41) is 17.3. The van der Waals surface area contributed by atoms with Gasteiger partial charge in [-0.3, -0.25) is 9.48 Å². The zero-order valence-electron chi connectivity index (χ0n) is 15.3. The number of carbonyl (C=O) groups is 1. The van der Waals surface area contributed by atoms with Gasteiger partial charge in [-0.1, -0.05) is 0 Å². The van der Waals surface area contributed by atoms with Gasteiger partial charge in [0.15, 0.2) is 0 Å². The summed E-state index contributed by atoms with van der Waals surface area (Å²) in [4.78, 5) is 11.8. The Kier molecular flexibility index (Phi) is 6.80. The molecule has 6 heteroatoms. The quantitative estimate of drug-likeness (QED) is 0.745. The van der Waals surface area contributed by atoms with E-state index in [9.17, 15) is 9.90 Å². The molecule has 0 bridgehead atoms. The number of esters is 1. The predicted molar refractivity (Wildman–Crippen MR) is 92.6 cm³/mol. The summed E-state index contributed by atoms with van der Waals surface area (Å²) in [6, 6.07) is 0.501. The molecule has 1 aromatic rings. The molecule has 6 nitrogen and oxygen atoms in total. The van der Waals surface area contributed by atoms with Gasteiger partial charge in [0.25, 0.3) is 0 Å². The highest BCUT2D eigenvalue weighted by Crippen LogP contribution is 2.24.